The number of sulfone groups is 1. The van der Waals surface area contributed by atoms with Crippen molar-refractivity contribution in [1.82, 2.24) is 15.0 Å². The van der Waals surface area contributed by atoms with Crippen molar-refractivity contribution in [2.24, 2.45) is 0 Å². The lowest BCUT2D eigenvalue weighted by atomic mass is 10.3. The number of halogens is 5. The van der Waals surface area contributed by atoms with Crippen LogP contribution in [0.3, 0.4) is 0 Å². The highest BCUT2D eigenvalue weighted by atomic mass is 32.2. The molecule has 0 aromatic carbocycles. The van der Waals surface area contributed by atoms with Crippen molar-refractivity contribution in [1.29, 1.82) is 0 Å². The summed E-state index contributed by atoms with van der Waals surface area (Å²) in [6.07, 6.45) is -3.17. The summed E-state index contributed by atoms with van der Waals surface area (Å²) in [4.78, 5) is 10.7. The quantitative estimate of drug-likeness (QED) is 0.727. The first-order chi connectivity index (χ1) is 12.4. The first-order valence-electron chi connectivity index (χ1n) is 7.19. The lowest BCUT2D eigenvalue weighted by Crippen LogP contribution is -2.41. The number of aromatic hydroxyl groups is 1. The van der Waals surface area contributed by atoms with Crippen LogP contribution in [-0.4, -0.2) is 52.9 Å². The molecule has 2 rings (SSSR count). The molecule has 0 aliphatic rings. The van der Waals surface area contributed by atoms with Gasteiger partial charge in [-0.3, -0.25) is 0 Å². The summed E-state index contributed by atoms with van der Waals surface area (Å²) in [6.45, 7) is -0.621. The third-order valence-electron chi connectivity index (χ3n) is 3.24. The molecular weight excluding hydrogens is 401 g/mol. The van der Waals surface area contributed by atoms with Crippen LogP contribution in [0.25, 0.3) is 11.4 Å². The van der Waals surface area contributed by atoms with E-state index in [0.717, 1.165) is 24.7 Å². The first kappa shape index (κ1) is 20.7. The molecule has 0 saturated heterocycles. The second-order valence-electron chi connectivity index (χ2n) is 5.17. The predicted molar refractivity (Wildman–Crippen MR) is 81.2 cm³/mol. The van der Waals surface area contributed by atoms with Crippen LogP contribution in [0, 0.1) is 0 Å². The maximum Gasteiger partial charge on any atom is 0.456 e. The van der Waals surface area contributed by atoms with Gasteiger partial charge in [0.2, 0.25) is 5.88 Å². The number of aromatic nitrogens is 3. The van der Waals surface area contributed by atoms with Crippen molar-refractivity contribution in [2.75, 3.05) is 12.4 Å². The summed E-state index contributed by atoms with van der Waals surface area (Å²) in [5.41, 5.74) is -0.286. The molecule has 0 bridgehead atoms. The molecule has 1 N–H and O–H groups in total. The normalized spacial score (nSPS) is 12.8. The molecule has 0 spiro atoms. The summed E-state index contributed by atoms with van der Waals surface area (Å²) in [5.74, 6) is -6.41. The van der Waals surface area contributed by atoms with E-state index in [4.69, 9.17) is 0 Å². The highest BCUT2D eigenvalue weighted by Gasteiger charge is 2.58. The van der Waals surface area contributed by atoms with E-state index in [9.17, 15) is 35.5 Å². The van der Waals surface area contributed by atoms with Gasteiger partial charge in [-0.1, -0.05) is 6.92 Å². The second-order valence-corrected chi connectivity index (χ2v) is 7.42. The number of rotatable bonds is 6. The van der Waals surface area contributed by atoms with Gasteiger partial charge in [0, 0.05) is 6.07 Å². The van der Waals surface area contributed by atoms with Gasteiger partial charge in [-0.2, -0.15) is 22.0 Å². The molecule has 148 valence electrons. The van der Waals surface area contributed by atoms with Gasteiger partial charge in [-0.05, 0) is 0 Å². The van der Waals surface area contributed by atoms with Crippen LogP contribution in [0.1, 0.15) is 6.92 Å². The van der Waals surface area contributed by atoms with Crippen LogP contribution in [-0.2, 0) is 9.84 Å². The standard InChI is InChI=1S/C14H12F5N3O4S/c1-2-27(24,25)10-3-8(23)4-22-12(10)9-5-21-11(6-20-9)26-7-13(15,16)14(17,18)19/h3-6,23H,2,7H2,1H3. The molecule has 0 saturated carbocycles. The highest BCUT2D eigenvalue weighted by molar-refractivity contribution is 7.91. The molecule has 0 aliphatic heterocycles. The maximum absolute atomic E-state index is 12.8. The minimum atomic E-state index is -5.78. The van der Waals surface area contributed by atoms with E-state index in [1.54, 1.807) is 0 Å². The van der Waals surface area contributed by atoms with Crippen LogP contribution in [0.5, 0.6) is 11.6 Å². The molecule has 27 heavy (non-hydrogen) atoms. The fraction of sp³-hybridized carbons (Fsp3) is 0.357. The maximum atomic E-state index is 12.8. The highest BCUT2D eigenvalue weighted by Crippen LogP contribution is 2.35. The fourth-order valence-electron chi connectivity index (χ4n) is 1.78. The summed E-state index contributed by atoms with van der Waals surface area (Å²) >= 11 is 0. The molecule has 7 nitrogen and oxygen atoms in total. The molecule has 0 unspecified atom stereocenters. The van der Waals surface area contributed by atoms with Gasteiger partial charge in [-0.25, -0.2) is 23.4 Å². The number of hydrogen-bond acceptors (Lipinski definition) is 7. The molecule has 0 amide bonds. The van der Waals surface area contributed by atoms with Gasteiger partial charge in [0.1, 0.15) is 17.1 Å². The van der Waals surface area contributed by atoms with E-state index < -0.39 is 40.2 Å². The van der Waals surface area contributed by atoms with Crippen molar-refractivity contribution in [3.05, 3.63) is 24.7 Å². The number of nitrogens with zero attached hydrogens (tertiary/aromatic N) is 3. The summed E-state index contributed by atoms with van der Waals surface area (Å²) in [6, 6.07) is 0.955. The van der Waals surface area contributed by atoms with E-state index in [1.165, 1.54) is 6.92 Å². The number of ether oxygens (including phenoxy) is 1. The van der Waals surface area contributed by atoms with Gasteiger partial charge in [-0.15, -0.1) is 0 Å². The number of hydrogen-bond donors (Lipinski definition) is 1. The van der Waals surface area contributed by atoms with Crippen molar-refractivity contribution in [3.8, 4) is 23.0 Å². The SMILES string of the molecule is CCS(=O)(=O)c1cc(O)cnc1-c1cnc(OCC(F)(F)C(F)(F)F)cn1. The summed E-state index contributed by atoms with van der Waals surface area (Å²) in [7, 11) is -3.80. The Morgan fingerprint density at radius 1 is 1.07 bits per heavy atom. The largest absolute Gasteiger partial charge is 0.506 e. The zero-order valence-corrected chi connectivity index (χ0v) is 14.4. The third kappa shape index (κ3) is 4.59. The molecule has 0 radical (unpaired) electrons. The average molecular weight is 413 g/mol. The summed E-state index contributed by atoms with van der Waals surface area (Å²) < 4.78 is 90.4. The first-order valence-corrected chi connectivity index (χ1v) is 8.84. The fourth-order valence-corrected chi connectivity index (χ4v) is 2.84. The molecule has 0 fully saturated rings. The van der Waals surface area contributed by atoms with Crippen LogP contribution < -0.4 is 4.74 Å². The van der Waals surface area contributed by atoms with Gasteiger partial charge in [0.05, 0.1) is 29.2 Å². The van der Waals surface area contributed by atoms with Crippen LogP contribution >= 0.6 is 0 Å². The van der Waals surface area contributed by atoms with E-state index in [1.807, 2.05) is 0 Å². The molecule has 13 heteroatoms. The van der Waals surface area contributed by atoms with Gasteiger partial charge >= 0.3 is 12.1 Å². The van der Waals surface area contributed by atoms with Crippen LogP contribution in [0.2, 0.25) is 0 Å². The van der Waals surface area contributed by atoms with Crippen molar-refractivity contribution in [3.63, 3.8) is 0 Å². The molecule has 0 atom stereocenters. The van der Waals surface area contributed by atoms with E-state index in [2.05, 4.69) is 19.7 Å². The molecule has 2 heterocycles. The van der Waals surface area contributed by atoms with E-state index >= 15 is 0 Å². The number of pyridine rings is 1. The van der Waals surface area contributed by atoms with Gasteiger partial charge in [0.15, 0.2) is 16.4 Å². The Bertz CT molecular complexity index is 917. The Hall–Kier alpha value is -2.57. The van der Waals surface area contributed by atoms with E-state index in [0.29, 0.717) is 0 Å². The molecule has 0 aliphatic carbocycles. The van der Waals surface area contributed by atoms with Crippen LogP contribution in [0.15, 0.2) is 29.6 Å². The molecule has 2 aromatic rings. The minimum absolute atomic E-state index is 0.114. The second kappa shape index (κ2) is 7.21. The topological polar surface area (TPSA) is 102 Å². The lowest BCUT2D eigenvalue weighted by Gasteiger charge is -2.19. The Morgan fingerprint density at radius 3 is 2.26 bits per heavy atom. The Balaban J connectivity index is 2.29. The zero-order chi connectivity index (χ0) is 20.5. The van der Waals surface area contributed by atoms with Crippen molar-refractivity contribution < 1.29 is 40.2 Å². The van der Waals surface area contributed by atoms with E-state index in [-0.39, 0.29) is 22.0 Å². The van der Waals surface area contributed by atoms with Crippen molar-refractivity contribution >= 4 is 9.84 Å². The average Bonchev–Trinajstić information content (AvgIpc) is 2.59. The molecule has 2 aromatic heterocycles. The molecular formula is C14H12F5N3O4S. The van der Waals surface area contributed by atoms with Gasteiger partial charge in [0.25, 0.3) is 0 Å². The smallest absolute Gasteiger partial charge is 0.456 e. The lowest BCUT2D eigenvalue weighted by molar-refractivity contribution is -0.290. The van der Waals surface area contributed by atoms with Gasteiger partial charge < -0.3 is 9.84 Å². The van der Waals surface area contributed by atoms with Crippen molar-refractivity contribution in [2.45, 2.75) is 23.9 Å². The van der Waals surface area contributed by atoms with Crippen LogP contribution in [0.4, 0.5) is 22.0 Å². The predicted octanol–water partition coefficient (Wildman–Crippen LogP) is 2.61. The monoisotopic (exact) mass is 413 g/mol. The Kier molecular flexibility index (Phi) is 5.54. The zero-order valence-electron chi connectivity index (χ0n) is 13.5. The summed E-state index contributed by atoms with van der Waals surface area (Å²) in [5, 5.41) is 9.45. The Morgan fingerprint density at radius 2 is 1.74 bits per heavy atom. The minimum Gasteiger partial charge on any atom is -0.506 e. The Labute approximate surface area is 149 Å². The number of alkyl halides is 5. The third-order valence-corrected chi connectivity index (χ3v) is 4.98.